The zero-order valence-electron chi connectivity index (χ0n) is 14.7. The van der Waals surface area contributed by atoms with Crippen LogP contribution in [-0.2, 0) is 19.7 Å². The molecule has 11 heteroatoms. The van der Waals surface area contributed by atoms with E-state index in [9.17, 15) is 22.8 Å². The van der Waals surface area contributed by atoms with E-state index in [-0.39, 0.29) is 31.8 Å². The van der Waals surface area contributed by atoms with Crippen LogP contribution in [0.3, 0.4) is 0 Å². The van der Waals surface area contributed by atoms with Gasteiger partial charge in [0.25, 0.3) is 11.8 Å². The fraction of sp³-hybridized carbons (Fsp3) is 0.0556. The highest BCUT2D eigenvalue weighted by Crippen LogP contribution is 2.36. The first-order valence-electron chi connectivity index (χ1n) is 7.95. The van der Waals surface area contributed by atoms with E-state index in [0.29, 0.717) is 0 Å². The lowest BCUT2D eigenvalue weighted by Gasteiger charge is -2.14. The first-order chi connectivity index (χ1) is 13.6. The van der Waals surface area contributed by atoms with Gasteiger partial charge in [0.15, 0.2) is 5.75 Å². The molecule has 2 N–H and O–H groups in total. The second kappa shape index (κ2) is 7.86. The van der Waals surface area contributed by atoms with E-state index in [1.807, 2.05) is 10.6 Å². The van der Waals surface area contributed by atoms with E-state index in [0.717, 1.165) is 11.6 Å². The molecule has 0 aromatic heterocycles. The van der Waals surface area contributed by atoms with E-state index >= 15 is 0 Å². The number of hydrogen-bond acceptors (Lipinski definition) is 6. The van der Waals surface area contributed by atoms with Crippen molar-refractivity contribution in [2.45, 2.75) is 11.8 Å². The number of barbiturate groups is 1. The summed E-state index contributed by atoms with van der Waals surface area (Å²) in [6.45, 7) is 1.81. The molecule has 0 saturated carbocycles. The van der Waals surface area contributed by atoms with E-state index in [1.54, 1.807) is 19.1 Å². The Morgan fingerprint density at radius 2 is 1.45 bits per heavy atom. The standard InChI is InChI=1S/C18H12Cl2N2O6S/c1-9-2-4-11(5-3-9)29(26,27)28-15-13(19)7-10(8-14(15)20)6-12-16(23)21-18(25)22-17(12)24/h2-8H,1H3,(H2,21,22,23,24,25). The van der Waals surface area contributed by atoms with Crippen LogP contribution in [0.1, 0.15) is 11.1 Å². The Morgan fingerprint density at radius 1 is 0.931 bits per heavy atom. The number of nitrogens with one attached hydrogen (secondary N) is 2. The quantitative estimate of drug-likeness (QED) is 0.416. The van der Waals surface area contributed by atoms with E-state index < -0.39 is 28.0 Å². The van der Waals surface area contributed by atoms with Crippen LogP contribution in [-0.4, -0.2) is 26.3 Å². The summed E-state index contributed by atoms with van der Waals surface area (Å²) in [5.41, 5.74) is 0.738. The monoisotopic (exact) mass is 454 g/mol. The minimum atomic E-state index is -4.19. The van der Waals surface area contributed by atoms with Crippen molar-refractivity contribution in [1.29, 1.82) is 0 Å². The second-order valence-corrected chi connectivity index (χ2v) is 8.32. The van der Waals surface area contributed by atoms with Gasteiger partial charge < -0.3 is 4.18 Å². The maximum atomic E-state index is 12.4. The van der Waals surface area contributed by atoms with Crippen LogP contribution in [0.15, 0.2) is 46.9 Å². The Kier molecular flexibility index (Phi) is 5.65. The van der Waals surface area contributed by atoms with Gasteiger partial charge in [0, 0.05) is 0 Å². The van der Waals surface area contributed by atoms with Crippen molar-refractivity contribution in [2.75, 3.05) is 0 Å². The molecule has 29 heavy (non-hydrogen) atoms. The van der Waals surface area contributed by atoms with Crippen molar-refractivity contribution >= 4 is 57.2 Å². The van der Waals surface area contributed by atoms with Gasteiger partial charge in [0.2, 0.25) is 0 Å². The minimum absolute atomic E-state index is 0.0818. The van der Waals surface area contributed by atoms with Crippen molar-refractivity contribution in [3.8, 4) is 5.75 Å². The number of carbonyl (C=O) groups is 3. The van der Waals surface area contributed by atoms with Crippen LogP contribution in [0.2, 0.25) is 10.0 Å². The van der Waals surface area contributed by atoms with Crippen molar-refractivity contribution in [2.24, 2.45) is 0 Å². The van der Waals surface area contributed by atoms with Crippen molar-refractivity contribution in [3.05, 3.63) is 63.1 Å². The SMILES string of the molecule is Cc1ccc(S(=O)(=O)Oc2c(Cl)cc(C=C3C(=O)NC(=O)NC3=O)cc2Cl)cc1. The number of imide groups is 2. The van der Waals surface area contributed by atoms with Gasteiger partial charge in [-0.2, -0.15) is 8.42 Å². The minimum Gasteiger partial charge on any atom is -0.376 e. The Balaban J connectivity index is 1.93. The number of benzene rings is 2. The third-order valence-corrected chi connectivity index (χ3v) is 5.57. The molecule has 1 aliphatic rings. The molecule has 0 aliphatic carbocycles. The fourth-order valence-electron chi connectivity index (χ4n) is 2.38. The van der Waals surface area contributed by atoms with Crippen LogP contribution in [0.4, 0.5) is 4.79 Å². The molecule has 0 spiro atoms. The van der Waals surface area contributed by atoms with Gasteiger partial charge in [-0.1, -0.05) is 40.9 Å². The fourth-order valence-corrected chi connectivity index (χ4v) is 4.02. The molecule has 1 saturated heterocycles. The summed E-state index contributed by atoms with van der Waals surface area (Å²) < 4.78 is 30.0. The number of hydrogen-bond donors (Lipinski definition) is 2. The lowest BCUT2D eigenvalue weighted by molar-refractivity contribution is -0.123. The van der Waals surface area contributed by atoms with Crippen molar-refractivity contribution < 1.29 is 27.0 Å². The van der Waals surface area contributed by atoms with Crippen molar-refractivity contribution in [3.63, 3.8) is 0 Å². The first-order valence-corrected chi connectivity index (χ1v) is 10.1. The lowest BCUT2D eigenvalue weighted by atomic mass is 10.1. The molecule has 8 nitrogen and oxygen atoms in total. The normalized spacial score (nSPS) is 14.3. The molecule has 0 bridgehead atoms. The van der Waals surface area contributed by atoms with Gasteiger partial charge in [-0.05, 0) is 42.8 Å². The summed E-state index contributed by atoms with van der Waals surface area (Å²) in [4.78, 5) is 34.6. The highest BCUT2D eigenvalue weighted by Gasteiger charge is 2.28. The Morgan fingerprint density at radius 3 is 1.97 bits per heavy atom. The predicted octanol–water partition coefficient (Wildman–Crippen LogP) is 2.82. The first kappa shape index (κ1) is 20.8. The molecule has 0 atom stereocenters. The Hall–Kier alpha value is -2.88. The number of halogens is 2. The van der Waals surface area contributed by atoms with Gasteiger partial charge in [-0.15, -0.1) is 0 Å². The third kappa shape index (κ3) is 4.58. The molecule has 4 amide bonds. The number of urea groups is 1. The van der Waals surface area contributed by atoms with Gasteiger partial charge in [0.1, 0.15) is 10.5 Å². The van der Waals surface area contributed by atoms with Crippen LogP contribution < -0.4 is 14.8 Å². The molecule has 1 aliphatic heterocycles. The maximum absolute atomic E-state index is 12.4. The molecule has 0 unspecified atom stereocenters. The average molecular weight is 455 g/mol. The van der Waals surface area contributed by atoms with Crippen LogP contribution >= 0.6 is 23.2 Å². The number of aryl methyl sites for hydroxylation is 1. The number of rotatable bonds is 4. The molecular formula is C18H12Cl2N2O6S. The zero-order chi connectivity index (χ0) is 21.3. The average Bonchev–Trinajstić information content (AvgIpc) is 2.61. The molecule has 1 heterocycles. The Labute approximate surface area is 175 Å². The molecule has 1 fully saturated rings. The summed E-state index contributed by atoms with van der Waals surface area (Å²) >= 11 is 12.2. The van der Waals surface area contributed by atoms with Gasteiger partial charge >= 0.3 is 16.1 Å². The molecule has 2 aromatic carbocycles. The number of carbonyl (C=O) groups excluding carboxylic acids is 3. The highest BCUT2D eigenvalue weighted by atomic mass is 35.5. The molecule has 3 rings (SSSR count). The summed E-state index contributed by atoms with van der Waals surface area (Å²) in [7, 11) is -4.19. The highest BCUT2D eigenvalue weighted by molar-refractivity contribution is 7.87. The van der Waals surface area contributed by atoms with Crippen LogP contribution in [0, 0.1) is 6.92 Å². The smallest absolute Gasteiger partial charge is 0.339 e. The molecule has 2 aromatic rings. The Bertz CT molecular complexity index is 1130. The van der Waals surface area contributed by atoms with Crippen LogP contribution in [0.5, 0.6) is 5.75 Å². The second-order valence-electron chi connectivity index (χ2n) is 5.96. The summed E-state index contributed by atoms with van der Waals surface area (Å²) in [6, 6.07) is 7.58. The molecule has 0 radical (unpaired) electrons. The summed E-state index contributed by atoms with van der Waals surface area (Å²) in [5.74, 6) is -2.09. The largest absolute Gasteiger partial charge is 0.376 e. The topological polar surface area (TPSA) is 119 Å². The van der Waals surface area contributed by atoms with Crippen LogP contribution in [0.25, 0.3) is 6.08 Å². The van der Waals surface area contributed by atoms with Gasteiger partial charge in [0.05, 0.1) is 10.0 Å². The molecule has 150 valence electrons. The van der Waals surface area contributed by atoms with E-state index in [1.165, 1.54) is 24.3 Å². The number of amides is 4. The van der Waals surface area contributed by atoms with E-state index in [2.05, 4.69) is 0 Å². The lowest BCUT2D eigenvalue weighted by Crippen LogP contribution is -2.51. The molecular weight excluding hydrogens is 443 g/mol. The van der Waals surface area contributed by atoms with E-state index in [4.69, 9.17) is 27.4 Å². The zero-order valence-corrected chi connectivity index (χ0v) is 17.0. The maximum Gasteiger partial charge on any atom is 0.339 e. The van der Waals surface area contributed by atoms with Gasteiger partial charge in [-0.3, -0.25) is 20.2 Å². The van der Waals surface area contributed by atoms with Crippen molar-refractivity contribution in [1.82, 2.24) is 10.6 Å². The summed E-state index contributed by atoms with van der Waals surface area (Å²) in [6.07, 6.45) is 1.15. The van der Waals surface area contributed by atoms with Gasteiger partial charge in [-0.25, -0.2) is 4.79 Å². The predicted molar refractivity (Wildman–Crippen MR) is 105 cm³/mol. The third-order valence-electron chi connectivity index (χ3n) is 3.78. The summed E-state index contributed by atoms with van der Waals surface area (Å²) in [5, 5.41) is 3.53.